The van der Waals surface area contributed by atoms with Gasteiger partial charge in [0.2, 0.25) is 11.1 Å². The smallest absolute Gasteiger partial charge is 0.216 e. The summed E-state index contributed by atoms with van der Waals surface area (Å²) in [6.45, 7) is 2.35. The van der Waals surface area contributed by atoms with E-state index >= 15 is 0 Å². The van der Waals surface area contributed by atoms with Crippen LogP contribution in [0.2, 0.25) is 0 Å². The average molecular weight is 227 g/mol. The van der Waals surface area contributed by atoms with E-state index in [4.69, 9.17) is 5.73 Å². The van der Waals surface area contributed by atoms with E-state index < -0.39 is 0 Å². The molecule has 84 valence electrons. The Hall–Kier alpha value is -0.750. The summed E-state index contributed by atoms with van der Waals surface area (Å²) >= 11 is 1.67. The molecule has 5 nitrogen and oxygen atoms in total. The van der Waals surface area contributed by atoms with Crippen molar-refractivity contribution in [1.29, 1.82) is 0 Å². The fraction of sp³-hybridized carbons (Fsp3) is 0.778. The van der Waals surface area contributed by atoms with Crippen LogP contribution in [0.5, 0.6) is 0 Å². The lowest BCUT2D eigenvalue weighted by Crippen LogP contribution is -2.29. The normalized spacial score (nSPS) is 21.7. The van der Waals surface area contributed by atoms with Gasteiger partial charge in [0.15, 0.2) is 0 Å². The number of aromatic nitrogens is 3. The van der Waals surface area contributed by atoms with Crippen LogP contribution in [0.1, 0.15) is 19.3 Å². The Bertz CT molecular complexity index is 294. The summed E-state index contributed by atoms with van der Waals surface area (Å²) in [6, 6.07) is 0. The highest BCUT2D eigenvalue weighted by Crippen LogP contribution is 2.20. The van der Waals surface area contributed by atoms with Gasteiger partial charge in [-0.05, 0) is 38.3 Å². The predicted molar refractivity (Wildman–Crippen MR) is 61.7 cm³/mol. The molecule has 0 bridgehead atoms. The molecule has 1 atom stereocenters. The van der Waals surface area contributed by atoms with E-state index in [1.54, 1.807) is 11.8 Å². The lowest BCUT2D eigenvalue weighted by molar-refractivity contribution is 0.371. The Morgan fingerprint density at radius 2 is 2.47 bits per heavy atom. The first-order valence-corrected chi connectivity index (χ1v) is 6.34. The first-order valence-electron chi connectivity index (χ1n) is 5.36. The SMILES string of the molecule is Nc1nc(SCCC2CCCNC2)n[nH]1. The van der Waals surface area contributed by atoms with Crippen molar-refractivity contribution in [2.24, 2.45) is 5.92 Å². The van der Waals surface area contributed by atoms with E-state index in [2.05, 4.69) is 20.5 Å². The zero-order valence-corrected chi connectivity index (χ0v) is 9.52. The Labute approximate surface area is 93.6 Å². The first kappa shape index (κ1) is 10.8. The molecule has 0 saturated carbocycles. The summed E-state index contributed by atoms with van der Waals surface area (Å²) < 4.78 is 0. The van der Waals surface area contributed by atoms with E-state index in [9.17, 15) is 0 Å². The van der Waals surface area contributed by atoms with E-state index in [0.29, 0.717) is 5.95 Å². The summed E-state index contributed by atoms with van der Waals surface area (Å²) in [7, 11) is 0. The van der Waals surface area contributed by atoms with Gasteiger partial charge in [-0.2, -0.15) is 4.98 Å². The second-order valence-corrected chi connectivity index (χ2v) is 4.91. The Morgan fingerprint density at radius 3 is 3.13 bits per heavy atom. The molecule has 15 heavy (non-hydrogen) atoms. The number of hydrogen-bond donors (Lipinski definition) is 3. The van der Waals surface area contributed by atoms with Crippen molar-refractivity contribution < 1.29 is 0 Å². The number of nitrogen functional groups attached to an aromatic ring is 1. The number of piperidine rings is 1. The molecule has 1 aliphatic rings. The third-order valence-corrected chi connectivity index (χ3v) is 3.52. The zero-order chi connectivity index (χ0) is 10.5. The molecule has 0 radical (unpaired) electrons. The van der Waals surface area contributed by atoms with Crippen molar-refractivity contribution in [3.63, 3.8) is 0 Å². The van der Waals surface area contributed by atoms with E-state index in [1.807, 2.05) is 0 Å². The van der Waals surface area contributed by atoms with Crippen molar-refractivity contribution in [2.45, 2.75) is 24.4 Å². The highest BCUT2D eigenvalue weighted by atomic mass is 32.2. The minimum Gasteiger partial charge on any atom is -0.368 e. The number of hydrogen-bond acceptors (Lipinski definition) is 5. The number of nitrogens with one attached hydrogen (secondary N) is 2. The first-order chi connectivity index (χ1) is 7.34. The second kappa shape index (κ2) is 5.37. The van der Waals surface area contributed by atoms with Crippen LogP contribution in [0.25, 0.3) is 0 Å². The number of nitrogens with two attached hydrogens (primary N) is 1. The highest BCUT2D eigenvalue weighted by molar-refractivity contribution is 7.99. The van der Waals surface area contributed by atoms with Gasteiger partial charge in [0.05, 0.1) is 0 Å². The van der Waals surface area contributed by atoms with Crippen molar-refractivity contribution in [3.8, 4) is 0 Å². The molecule has 1 aromatic rings. The number of anilines is 1. The van der Waals surface area contributed by atoms with Gasteiger partial charge in [-0.25, -0.2) is 5.10 Å². The number of H-pyrrole nitrogens is 1. The molecule has 0 amide bonds. The van der Waals surface area contributed by atoms with Gasteiger partial charge in [0, 0.05) is 5.75 Å². The molecule has 1 aliphatic heterocycles. The second-order valence-electron chi connectivity index (χ2n) is 3.85. The lowest BCUT2D eigenvalue weighted by atomic mass is 9.97. The third kappa shape index (κ3) is 3.39. The highest BCUT2D eigenvalue weighted by Gasteiger charge is 2.12. The summed E-state index contributed by atoms with van der Waals surface area (Å²) in [5.74, 6) is 2.29. The van der Waals surface area contributed by atoms with Gasteiger partial charge >= 0.3 is 0 Å². The molecule has 2 heterocycles. The molecule has 1 fully saturated rings. The summed E-state index contributed by atoms with van der Waals surface area (Å²) in [4.78, 5) is 4.05. The monoisotopic (exact) mass is 227 g/mol. The van der Waals surface area contributed by atoms with E-state index in [1.165, 1.54) is 25.8 Å². The van der Waals surface area contributed by atoms with Gasteiger partial charge < -0.3 is 11.1 Å². The molecular formula is C9H17N5S. The van der Waals surface area contributed by atoms with Crippen LogP contribution in [-0.4, -0.2) is 34.0 Å². The Kier molecular flexibility index (Phi) is 3.85. The van der Waals surface area contributed by atoms with Crippen molar-refractivity contribution in [3.05, 3.63) is 0 Å². The van der Waals surface area contributed by atoms with Crippen molar-refractivity contribution >= 4 is 17.7 Å². The Balaban J connectivity index is 1.65. The van der Waals surface area contributed by atoms with Crippen molar-refractivity contribution in [1.82, 2.24) is 20.5 Å². The zero-order valence-electron chi connectivity index (χ0n) is 8.70. The fourth-order valence-electron chi connectivity index (χ4n) is 1.81. The minimum absolute atomic E-state index is 0.400. The number of thioether (sulfide) groups is 1. The van der Waals surface area contributed by atoms with Gasteiger partial charge in [-0.15, -0.1) is 5.10 Å². The lowest BCUT2D eigenvalue weighted by Gasteiger charge is -2.21. The molecule has 1 aromatic heterocycles. The van der Waals surface area contributed by atoms with Gasteiger partial charge in [0.1, 0.15) is 0 Å². The van der Waals surface area contributed by atoms with Crippen LogP contribution >= 0.6 is 11.8 Å². The molecule has 0 aromatic carbocycles. The molecular weight excluding hydrogens is 210 g/mol. The maximum absolute atomic E-state index is 5.44. The standard InChI is InChI=1S/C9H17N5S/c10-8-12-9(14-13-8)15-5-3-7-2-1-4-11-6-7/h7,11H,1-6H2,(H3,10,12,13,14). The van der Waals surface area contributed by atoms with E-state index in [0.717, 1.165) is 23.4 Å². The van der Waals surface area contributed by atoms with Crippen LogP contribution in [0.4, 0.5) is 5.95 Å². The summed E-state index contributed by atoms with van der Waals surface area (Å²) in [6.07, 6.45) is 3.89. The largest absolute Gasteiger partial charge is 0.368 e. The molecule has 0 aliphatic carbocycles. The topological polar surface area (TPSA) is 79.6 Å². The van der Waals surface area contributed by atoms with Gasteiger partial charge in [-0.3, -0.25) is 0 Å². The van der Waals surface area contributed by atoms with E-state index in [-0.39, 0.29) is 0 Å². The third-order valence-electron chi connectivity index (χ3n) is 2.64. The number of aromatic amines is 1. The number of rotatable bonds is 4. The predicted octanol–water partition coefficient (Wildman–Crippen LogP) is 0.869. The molecule has 4 N–H and O–H groups in total. The molecule has 6 heteroatoms. The maximum Gasteiger partial charge on any atom is 0.216 e. The molecule has 1 unspecified atom stereocenters. The maximum atomic E-state index is 5.44. The summed E-state index contributed by atoms with van der Waals surface area (Å²) in [5, 5.41) is 10.8. The Morgan fingerprint density at radius 1 is 1.53 bits per heavy atom. The van der Waals surface area contributed by atoms with Gasteiger partial charge in [-0.1, -0.05) is 11.8 Å². The van der Waals surface area contributed by atoms with Crippen LogP contribution in [0, 0.1) is 5.92 Å². The van der Waals surface area contributed by atoms with Crippen LogP contribution in [0.15, 0.2) is 5.16 Å². The average Bonchev–Trinajstić information content (AvgIpc) is 2.66. The van der Waals surface area contributed by atoms with Crippen LogP contribution in [0.3, 0.4) is 0 Å². The van der Waals surface area contributed by atoms with Crippen LogP contribution < -0.4 is 11.1 Å². The van der Waals surface area contributed by atoms with Gasteiger partial charge in [0.25, 0.3) is 0 Å². The summed E-state index contributed by atoms with van der Waals surface area (Å²) in [5.41, 5.74) is 5.44. The van der Waals surface area contributed by atoms with Crippen molar-refractivity contribution in [2.75, 3.05) is 24.6 Å². The molecule has 0 spiro atoms. The fourth-order valence-corrected chi connectivity index (χ4v) is 2.72. The quantitative estimate of drug-likeness (QED) is 0.665. The molecule has 1 saturated heterocycles. The minimum atomic E-state index is 0.400. The molecule has 2 rings (SSSR count). The number of nitrogens with zero attached hydrogens (tertiary/aromatic N) is 2. The van der Waals surface area contributed by atoms with Crippen LogP contribution in [-0.2, 0) is 0 Å².